The van der Waals surface area contributed by atoms with Gasteiger partial charge in [0.2, 0.25) is 0 Å². The van der Waals surface area contributed by atoms with Crippen LogP contribution in [0.4, 0.5) is 0 Å². The van der Waals surface area contributed by atoms with Crippen LogP contribution < -0.4 is 5.56 Å². The van der Waals surface area contributed by atoms with Gasteiger partial charge in [-0.25, -0.2) is 4.98 Å². The van der Waals surface area contributed by atoms with E-state index in [0.29, 0.717) is 31.4 Å². The average Bonchev–Trinajstić information content (AvgIpc) is 3.17. The first-order valence-corrected chi connectivity index (χ1v) is 13.0. The van der Waals surface area contributed by atoms with Gasteiger partial charge in [0.25, 0.3) is 5.56 Å². The van der Waals surface area contributed by atoms with Crippen LogP contribution in [0, 0.1) is 0 Å². The summed E-state index contributed by atoms with van der Waals surface area (Å²) in [6.07, 6.45) is 10.4. The molecule has 7 nitrogen and oxygen atoms in total. The Kier molecular flexibility index (Phi) is 7.97. The van der Waals surface area contributed by atoms with Crippen molar-refractivity contribution >= 4 is 27.5 Å². The molecule has 32 heavy (non-hydrogen) atoms. The zero-order valence-electron chi connectivity index (χ0n) is 19.0. The molecule has 0 bridgehead atoms. The minimum Gasteiger partial charge on any atom is -0.463 e. The number of carbonyl (C=O) groups is 1. The molecule has 1 fully saturated rings. The molecule has 2 aromatic heterocycles. The molecule has 0 saturated heterocycles. The van der Waals surface area contributed by atoms with Gasteiger partial charge in [-0.15, -0.1) is 11.3 Å². The first kappa shape index (κ1) is 23.4. The van der Waals surface area contributed by atoms with E-state index in [1.807, 2.05) is 6.92 Å². The maximum atomic E-state index is 12.9. The molecule has 1 atom stereocenters. The van der Waals surface area contributed by atoms with E-state index in [4.69, 9.17) is 9.72 Å². The van der Waals surface area contributed by atoms with Crippen molar-refractivity contribution in [2.75, 3.05) is 13.2 Å². The number of nitrogens with zero attached hydrogens (tertiary/aromatic N) is 2. The number of aliphatic hydroxyl groups is 1. The summed E-state index contributed by atoms with van der Waals surface area (Å²) in [5, 5.41) is 11.4. The quantitative estimate of drug-likeness (QED) is 0.553. The van der Waals surface area contributed by atoms with Gasteiger partial charge in [-0.3, -0.25) is 14.5 Å². The van der Waals surface area contributed by atoms with Crippen LogP contribution in [-0.4, -0.2) is 51.2 Å². The zero-order valence-corrected chi connectivity index (χ0v) is 19.8. The molecular weight excluding hydrogens is 426 g/mol. The predicted octanol–water partition coefficient (Wildman–Crippen LogP) is 3.70. The van der Waals surface area contributed by atoms with Gasteiger partial charge < -0.3 is 14.8 Å². The lowest BCUT2D eigenvalue weighted by Crippen LogP contribution is -2.43. The van der Waals surface area contributed by atoms with Crippen molar-refractivity contribution < 1.29 is 14.6 Å². The second-order valence-electron chi connectivity index (χ2n) is 9.21. The number of ether oxygens (including phenoxy) is 1. The Bertz CT molecular complexity index is 980. The highest BCUT2D eigenvalue weighted by Crippen LogP contribution is 2.33. The lowest BCUT2D eigenvalue weighted by Gasteiger charge is -2.35. The monoisotopic (exact) mass is 461 g/mol. The third kappa shape index (κ3) is 5.58. The van der Waals surface area contributed by atoms with Crippen molar-refractivity contribution in [1.82, 2.24) is 14.9 Å². The average molecular weight is 462 g/mol. The SMILES string of the molecule is CCCC(=O)OC[C@H](O)CN(Cc1nc2sc3c(c2c(=O)[nH]1)CCCC3)C1CCCCC1. The van der Waals surface area contributed by atoms with Gasteiger partial charge in [0.15, 0.2) is 0 Å². The van der Waals surface area contributed by atoms with E-state index in [0.717, 1.165) is 48.7 Å². The molecule has 176 valence electrons. The Morgan fingerprint density at radius 2 is 2.03 bits per heavy atom. The van der Waals surface area contributed by atoms with Gasteiger partial charge in [0, 0.05) is 23.9 Å². The standard InChI is InChI=1S/C24H35N3O4S/c1-2-8-21(29)31-15-17(28)13-27(16-9-4-3-5-10-16)14-20-25-23(30)22-18-11-6-7-12-19(18)32-24(22)26-20/h16-17,28H,2-15H2,1H3,(H,25,26,30)/t17-/m1/s1. The Morgan fingerprint density at radius 1 is 1.25 bits per heavy atom. The Morgan fingerprint density at radius 3 is 2.81 bits per heavy atom. The highest BCUT2D eigenvalue weighted by molar-refractivity contribution is 7.18. The van der Waals surface area contributed by atoms with E-state index in [-0.39, 0.29) is 18.1 Å². The minimum absolute atomic E-state index is 0.00266. The predicted molar refractivity (Wildman–Crippen MR) is 126 cm³/mol. The number of H-pyrrole nitrogens is 1. The fraction of sp³-hybridized carbons (Fsp3) is 0.708. The molecule has 0 aliphatic heterocycles. The summed E-state index contributed by atoms with van der Waals surface area (Å²) in [4.78, 5) is 36.8. The van der Waals surface area contributed by atoms with E-state index < -0.39 is 6.10 Å². The number of aliphatic hydroxyl groups excluding tert-OH is 1. The Hall–Kier alpha value is -1.77. The number of carbonyl (C=O) groups excluding carboxylic acids is 1. The Balaban J connectivity index is 1.50. The van der Waals surface area contributed by atoms with Gasteiger partial charge in [-0.05, 0) is 50.5 Å². The van der Waals surface area contributed by atoms with E-state index in [1.165, 1.54) is 36.1 Å². The molecule has 2 N–H and O–H groups in total. The largest absolute Gasteiger partial charge is 0.463 e. The second kappa shape index (κ2) is 10.9. The summed E-state index contributed by atoms with van der Waals surface area (Å²) in [7, 11) is 0. The lowest BCUT2D eigenvalue weighted by atomic mass is 9.94. The smallest absolute Gasteiger partial charge is 0.305 e. The number of aromatic amines is 1. The molecule has 0 aromatic carbocycles. The summed E-state index contributed by atoms with van der Waals surface area (Å²) in [6.45, 7) is 2.81. The third-order valence-corrected chi connectivity index (χ3v) is 7.84. The fourth-order valence-corrected chi connectivity index (χ4v) is 6.33. The van der Waals surface area contributed by atoms with Gasteiger partial charge in [0.05, 0.1) is 11.9 Å². The molecule has 1 saturated carbocycles. The van der Waals surface area contributed by atoms with Crippen molar-refractivity contribution in [2.45, 2.75) is 96.2 Å². The van der Waals surface area contributed by atoms with Crippen molar-refractivity contribution in [3.63, 3.8) is 0 Å². The van der Waals surface area contributed by atoms with Gasteiger partial charge in [-0.2, -0.15) is 0 Å². The molecule has 0 spiro atoms. The van der Waals surface area contributed by atoms with Crippen molar-refractivity contribution in [1.29, 1.82) is 0 Å². The molecule has 2 heterocycles. The number of thiophene rings is 1. The number of rotatable bonds is 9. The number of aryl methyl sites for hydroxylation is 2. The minimum atomic E-state index is -0.762. The molecule has 0 amide bonds. The molecule has 8 heteroatoms. The summed E-state index contributed by atoms with van der Waals surface area (Å²) >= 11 is 1.66. The van der Waals surface area contributed by atoms with Crippen molar-refractivity contribution in [3.05, 3.63) is 26.6 Å². The number of hydrogen-bond donors (Lipinski definition) is 2. The maximum Gasteiger partial charge on any atom is 0.305 e. The molecule has 2 aliphatic carbocycles. The topological polar surface area (TPSA) is 95.5 Å². The summed E-state index contributed by atoms with van der Waals surface area (Å²) in [5.74, 6) is 0.385. The van der Waals surface area contributed by atoms with E-state index in [1.54, 1.807) is 11.3 Å². The summed E-state index contributed by atoms with van der Waals surface area (Å²) in [5.41, 5.74) is 1.16. The first-order valence-electron chi connectivity index (χ1n) is 12.2. The Labute approximate surface area is 193 Å². The van der Waals surface area contributed by atoms with Crippen LogP contribution in [0.1, 0.15) is 81.0 Å². The lowest BCUT2D eigenvalue weighted by molar-refractivity contribution is -0.147. The fourth-order valence-electron chi connectivity index (χ4n) is 5.05. The molecule has 2 aromatic rings. The maximum absolute atomic E-state index is 12.9. The van der Waals surface area contributed by atoms with Crippen LogP contribution in [0.5, 0.6) is 0 Å². The third-order valence-electron chi connectivity index (χ3n) is 6.65. The number of hydrogen-bond acceptors (Lipinski definition) is 7. The number of fused-ring (bicyclic) bond motifs is 3. The van der Waals surface area contributed by atoms with Crippen LogP contribution in [0.2, 0.25) is 0 Å². The highest BCUT2D eigenvalue weighted by Gasteiger charge is 2.26. The summed E-state index contributed by atoms with van der Waals surface area (Å²) in [6, 6.07) is 0.335. The molecule has 0 unspecified atom stereocenters. The van der Waals surface area contributed by atoms with E-state index in [9.17, 15) is 14.7 Å². The van der Waals surface area contributed by atoms with Crippen LogP contribution in [0.15, 0.2) is 4.79 Å². The van der Waals surface area contributed by atoms with E-state index >= 15 is 0 Å². The number of esters is 1. The van der Waals surface area contributed by atoms with Crippen LogP contribution in [0.3, 0.4) is 0 Å². The molecular formula is C24H35N3O4S. The van der Waals surface area contributed by atoms with Gasteiger partial charge in [0.1, 0.15) is 23.4 Å². The normalized spacial score (nSPS) is 18.1. The summed E-state index contributed by atoms with van der Waals surface area (Å²) < 4.78 is 5.22. The second-order valence-corrected chi connectivity index (χ2v) is 10.3. The van der Waals surface area contributed by atoms with Crippen LogP contribution in [0.25, 0.3) is 10.2 Å². The molecule has 2 aliphatic rings. The van der Waals surface area contributed by atoms with Gasteiger partial charge >= 0.3 is 5.97 Å². The van der Waals surface area contributed by atoms with Crippen molar-refractivity contribution in [3.8, 4) is 0 Å². The van der Waals surface area contributed by atoms with Crippen LogP contribution in [-0.2, 0) is 28.9 Å². The van der Waals surface area contributed by atoms with E-state index in [2.05, 4.69) is 9.88 Å². The van der Waals surface area contributed by atoms with Gasteiger partial charge in [-0.1, -0.05) is 26.2 Å². The highest BCUT2D eigenvalue weighted by atomic mass is 32.1. The first-order chi connectivity index (χ1) is 15.5. The zero-order chi connectivity index (χ0) is 22.5. The van der Waals surface area contributed by atoms with Crippen LogP contribution >= 0.6 is 11.3 Å². The van der Waals surface area contributed by atoms with Crippen molar-refractivity contribution in [2.24, 2.45) is 0 Å². The molecule has 4 rings (SSSR count). The number of nitrogens with one attached hydrogen (secondary N) is 1. The molecule has 0 radical (unpaired) electrons. The number of aromatic nitrogens is 2.